The Morgan fingerprint density at radius 2 is 1.62 bits per heavy atom. The quantitative estimate of drug-likeness (QED) is 0.686. The van der Waals surface area contributed by atoms with Crippen LogP contribution in [0.25, 0.3) is 10.8 Å². The number of fused-ring (bicyclic) bond motifs is 1. The summed E-state index contributed by atoms with van der Waals surface area (Å²) in [6, 6.07) is 19.4. The van der Waals surface area contributed by atoms with Gasteiger partial charge in [-0.25, -0.2) is 0 Å². The van der Waals surface area contributed by atoms with E-state index in [1.54, 1.807) is 0 Å². The maximum Gasteiger partial charge on any atom is 0.256 e. The second kappa shape index (κ2) is 5.70. The number of anilines is 1. The average Bonchev–Trinajstić information content (AvgIpc) is 2.49. The van der Waals surface area contributed by atoms with Gasteiger partial charge >= 0.3 is 0 Å². The van der Waals surface area contributed by atoms with E-state index < -0.39 is 0 Å². The number of rotatable bonds is 2. The fourth-order valence-corrected chi connectivity index (χ4v) is 2.87. The Morgan fingerprint density at radius 1 is 0.905 bits per heavy atom. The summed E-state index contributed by atoms with van der Waals surface area (Å²) in [5, 5.41) is 4.96. The molecule has 0 saturated heterocycles. The molecule has 3 rings (SSSR count). The minimum absolute atomic E-state index is 0.0898. The van der Waals surface area contributed by atoms with Crippen molar-refractivity contribution in [1.82, 2.24) is 0 Å². The number of hydrogen-bond acceptors (Lipinski definition) is 1. The molecule has 0 unspecified atom stereocenters. The first-order chi connectivity index (χ1) is 10.2. The Kier molecular flexibility index (Phi) is 3.76. The highest BCUT2D eigenvalue weighted by atomic mass is 79.9. The largest absolute Gasteiger partial charge is 0.322 e. The lowest BCUT2D eigenvalue weighted by molar-refractivity contribution is 0.102. The third-order valence-corrected chi connectivity index (χ3v) is 4.20. The second-order valence-electron chi connectivity index (χ2n) is 4.91. The summed E-state index contributed by atoms with van der Waals surface area (Å²) in [4.78, 5) is 12.6. The van der Waals surface area contributed by atoms with Gasteiger partial charge in [0.25, 0.3) is 5.91 Å². The number of hydrogen-bond donors (Lipinski definition) is 1. The van der Waals surface area contributed by atoms with Gasteiger partial charge in [0.05, 0.1) is 0 Å². The van der Waals surface area contributed by atoms with Crippen LogP contribution in [0.15, 0.2) is 65.1 Å². The van der Waals surface area contributed by atoms with Gasteiger partial charge in [0, 0.05) is 15.7 Å². The van der Waals surface area contributed by atoms with Crippen molar-refractivity contribution in [2.75, 3.05) is 5.32 Å². The normalized spacial score (nSPS) is 10.6. The van der Waals surface area contributed by atoms with Crippen molar-refractivity contribution in [2.24, 2.45) is 0 Å². The molecule has 3 aromatic rings. The van der Waals surface area contributed by atoms with E-state index in [4.69, 9.17) is 0 Å². The van der Waals surface area contributed by atoms with Gasteiger partial charge in [-0.3, -0.25) is 4.79 Å². The zero-order valence-electron chi connectivity index (χ0n) is 11.6. The molecule has 2 nitrogen and oxygen atoms in total. The molecular weight excluding hydrogens is 326 g/mol. The molecule has 1 N–H and O–H groups in total. The Morgan fingerprint density at radius 3 is 2.43 bits per heavy atom. The fraction of sp³-hybridized carbons (Fsp3) is 0.0556. The molecule has 0 atom stereocenters. The summed E-state index contributed by atoms with van der Waals surface area (Å²) in [7, 11) is 0. The van der Waals surface area contributed by atoms with Crippen molar-refractivity contribution in [3.05, 3.63) is 76.3 Å². The first-order valence-electron chi connectivity index (χ1n) is 6.71. The summed E-state index contributed by atoms with van der Waals surface area (Å²) in [6.07, 6.45) is 0. The van der Waals surface area contributed by atoms with Crippen molar-refractivity contribution >= 4 is 38.3 Å². The van der Waals surface area contributed by atoms with Crippen LogP contribution < -0.4 is 5.32 Å². The van der Waals surface area contributed by atoms with Crippen molar-refractivity contribution in [1.29, 1.82) is 0 Å². The topological polar surface area (TPSA) is 29.1 Å². The average molecular weight is 340 g/mol. The maximum absolute atomic E-state index is 12.6. The monoisotopic (exact) mass is 339 g/mol. The molecule has 104 valence electrons. The lowest BCUT2D eigenvalue weighted by Crippen LogP contribution is -2.13. The van der Waals surface area contributed by atoms with Crippen LogP contribution in [0.1, 0.15) is 15.9 Å². The van der Waals surface area contributed by atoms with Gasteiger partial charge in [-0.1, -0.05) is 58.4 Å². The summed E-state index contributed by atoms with van der Waals surface area (Å²) in [5.74, 6) is -0.0898. The highest BCUT2D eigenvalue weighted by Gasteiger charge is 2.11. The number of nitrogens with one attached hydrogen (secondary N) is 1. The van der Waals surface area contributed by atoms with Crippen LogP contribution in [-0.4, -0.2) is 5.91 Å². The molecule has 0 aromatic heterocycles. The maximum atomic E-state index is 12.6. The first-order valence-corrected chi connectivity index (χ1v) is 7.50. The molecule has 3 heteroatoms. The predicted molar refractivity (Wildman–Crippen MR) is 90.8 cm³/mol. The molecule has 0 bridgehead atoms. The van der Waals surface area contributed by atoms with E-state index in [9.17, 15) is 4.79 Å². The fourth-order valence-electron chi connectivity index (χ4n) is 2.37. The molecule has 3 aromatic carbocycles. The predicted octanol–water partition coefficient (Wildman–Crippen LogP) is 5.16. The van der Waals surface area contributed by atoms with Crippen LogP contribution >= 0.6 is 15.9 Å². The highest BCUT2D eigenvalue weighted by Crippen LogP contribution is 2.27. The first kappa shape index (κ1) is 13.8. The molecule has 0 spiro atoms. The van der Waals surface area contributed by atoms with Crippen molar-refractivity contribution in [2.45, 2.75) is 6.92 Å². The zero-order chi connectivity index (χ0) is 14.8. The highest BCUT2D eigenvalue weighted by molar-refractivity contribution is 9.10. The molecule has 1 amide bonds. The number of carbonyl (C=O) groups is 1. The zero-order valence-corrected chi connectivity index (χ0v) is 13.1. The standard InChI is InChI=1S/C18H14BrNO/c1-12-6-2-3-11-17(12)20-18(21)15-9-4-8-14-13(15)7-5-10-16(14)19/h2-11H,1H3,(H,20,21). The lowest BCUT2D eigenvalue weighted by atomic mass is 10.0. The van der Waals surface area contributed by atoms with Crippen LogP contribution in [0.5, 0.6) is 0 Å². The second-order valence-corrected chi connectivity index (χ2v) is 5.76. The molecule has 21 heavy (non-hydrogen) atoms. The Balaban J connectivity index is 2.03. The van der Waals surface area contributed by atoms with Gasteiger partial charge in [0.15, 0.2) is 0 Å². The summed E-state index contributed by atoms with van der Waals surface area (Å²) in [6.45, 7) is 1.98. The number of aryl methyl sites for hydroxylation is 1. The van der Waals surface area contributed by atoms with Crippen LogP contribution in [0, 0.1) is 6.92 Å². The van der Waals surface area contributed by atoms with Crippen molar-refractivity contribution in [3.8, 4) is 0 Å². The van der Waals surface area contributed by atoms with E-state index in [1.807, 2.05) is 67.6 Å². The molecule has 0 radical (unpaired) electrons. The smallest absolute Gasteiger partial charge is 0.256 e. The van der Waals surface area contributed by atoms with Crippen LogP contribution in [0.3, 0.4) is 0 Å². The van der Waals surface area contributed by atoms with Gasteiger partial charge in [0.2, 0.25) is 0 Å². The molecule has 0 heterocycles. The number of halogens is 1. The SMILES string of the molecule is Cc1ccccc1NC(=O)c1cccc2c(Br)cccc12. The van der Waals surface area contributed by atoms with Gasteiger partial charge in [0.1, 0.15) is 0 Å². The van der Waals surface area contributed by atoms with Crippen LogP contribution in [0.4, 0.5) is 5.69 Å². The number of amides is 1. The molecule has 0 fully saturated rings. The summed E-state index contributed by atoms with van der Waals surface area (Å²) < 4.78 is 0.991. The Bertz CT molecular complexity index is 826. The van der Waals surface area contributed by atoms with Crippen molar-refractivity contribution < 1.29 is 4.79 Å². The summed E-state index contributed by atoms with van der Waals surface area (Å²) >= 11 is 3.53. The van der Waals surface area contributed by atoms with E-state index in [-0.39, 0.29) is 5.91 Å². The van der Waals surface area contributed by atoms with Gasteiger partial charge in [-0.2, -0.15) is 0 Å². The van der Waals surface area contributed by atoms with Crippen molar-refractivity contribution in [3.63, 3.8) is 0 Å². The third-order valence-electron chi connectivity index (χ3n) is 3.51. The molecule has 0 aliphatic carbocycles. The molecule has 0 aliphatic heterocycles. The molecule has 0 aliphatic rings. The summed E-state index contributed by atoms with van der Waals surface area (Å²) in [5.41, 5.74) is 2.57. The van der Waals surface area contributed by atoms with E-state index in [0.29, 0.717) is 5.56 Å². The van der Waals surface area contributed by atoms with Gasteiger partial charge in [-0.15, -0.1) is 0 Å². The lowest BCUT2D eigenvalue weighted by Gasteiger charge is -2.10. The Labute approximate surface area is 131 Å². The number of carbonyl (C=O) groups excluding carboxylic acids is 1. The van der Waals surface area contributed by atoms with E-state index >= 15 is 0 Å². The third kappa shape index (κ3) is 2.69. The van der Waals surface area contributed by atoms with Gasteiger partial charge < -0.3 is 5.32 Å². The minimum Gasteiger partial charge on any atom is -0.322 e. The van der Waals surface area contributed by atoms with Crippen LogP contribution in [-0.2, 0) is 0 Å². The number of benzene rings is 3. The Hall–Kier alpha value is -2.13. The molecular formula is C18H14BrNO. The number of para-hydroxylation sites is 1. The van der Waals surface area contributed by atoms with E-state index in [2.05, 4.69) is 21.2 Å². The van der Waals surface area contributed by atoms with E-state index in [0.717, 1.165) is 26.5 Å². The molecule has 0 saturated carbocycles. The minimum atomic E-state index is -0.0898. The van der Waals surface area contributed by atoms with Crippen LogP contribution in [0.2, 0.25) is 0 Å². The van der Waals surface area contributed by atoms with E-state index in [1.165, 1.54) is 0 Å². The van der Waals surface area contributed by atoms with Gasteiger partial charge in [-0.05, 0) is 41.5 Å².